The minimum Gasteiger partial charge on any atom is -0.504 e. The van der Waals surface area contributed by atoms with Crippen LogP contribution in [0.15, 0.2) is 51.9 Å². The van der Waals surface area contributed by atoms with Gasteiger partial charge in [0.2, 0.25) is 5.43 Å². The first-order chi connectivity index (χ1) is 10.6. The van der Waals surface area contributed by atoms with Crippen LogP contribution in [0.1, 0.15) is 0 Å². The van der Waals surface area contributed by atoms with Gasteiger partial charge in [0.1, 0.15) is 17.6 Å². The Kier molecular flexibility index (Phi) is 3.47. The van der Waals surface area contributed by atoms with E-state index in [0.717, 1.165) is 0 Å². The van der Waals surface area contributed by atoms with Gasteiger partial charge in [0.05, 0.1) is 25.2 Å². The summed E-state index contributed by atoms with van der Waals surface area (Å²) in [5, 5.41) is 10.1. The van der Waals surface area contributed by atoms with Crippen molar-refractivity contribution in [3.05, 3.63) is 52.9 Å². The zero-order valence-corrected chi connectivity index (χ0v) is 12.1. The third-order valence-electron chi connectivity index (χ3n) is 3.48. The predicted octanol–water partition coefficient (Wildman–Crippen LogP) is 3.18. The highest BCUT2D eigenvalue weighted by Gasteiger charge is 2.13. The molecule has 5 heteroatoms. The highest BCUT2D eigenvalue weighted by molar-refractivity contribution is 5.84. The van der Waals surface area contributed by atoms with E-state index in [4.69, 9.17) is 13.9 Å². The van der Waals surface area contributed by atoms with Crippen LogP contribution in [0.5, 0.6) is 17.2 Å². The molecule has 3 aromatic rings. The van der Waals surface area contributed by atoms with Gasteiger partial charge in [0.25, 0.3) is 0 Å². The molecule has 0 saturated carbocycles. The molecular weight excluding hydrogens is 284 g/mol. The number of methoxy groups -OCH3 is 2. The summed E-state index contributed by atoms with van der Waals surface area (Å²) < 4.78 is 15.6. The molecule has 0 saturated heterocycles. The van der Waals surface area contributed by atoms with Gasteiger partial charge in [-0.3, -0.25) is 4.79 Å². The Morgan fingerprint density at radius 1 is 1.05 bits per heavy atom. The van der Waals surface area contributed by atoms with Crippen molar-refractivity contribution in [1.29, 1.82) is 0 Å². The number of fused-ring (bicyclic) bond motifs is 1. The SMILES string of the molecule is COc1ccc(-c2coc3cc(OC)c(O)cc3c2=O)cc1. The van der Waals surface area contributed by atoms with Crippen molar-refractivity contribution >= 4 is 11.0 Å². The maximum Gasteiger partial charge on any atom is 0.200 e. The molecule has 0 aliphatic heterocycles. The van der Waals surface area contributed by atoms with Crippen molar-refractivity contribution in [1.82, 2.24) is 0 Å². The van der Waals surface area contributed by atoms with Gasteiger partial charge in [-0.15, -0.1) is 0 Å². The van der Waals surface area contributed by atoms with E-state index in [1.165, 1.54) is 25.5 Å². The maximum atomic E-state index is 12.6. The minimum absolute atomic E-state index is 0.103. The molecular formula is C17H14O5. The van der Waals surface area contributed by atoms with Crippen molar-refractivity contribution in [2.24, 2.45) is 0 Å². The molecule has 0 atom stereocenters. The first kappa shape index (κ1) is 14.0. The largest absolute Gasteiger partial charge is 0.504 e. The lowest BCUT2D eigenvalue weighted by Crippen LogP contribution is -2.05. The monoisotopic (exact) mass is 298 g/mol. The number of rotatable bonds is 3. The van der Waals surface area contributed by atoms with Gasteiger partial charge < -0.3 is 19.0 Å². The molecule has 0 unspecified atom stereocenters. The summed E-state index contributed by atoms with van der Waals surface area (Å²) in [6.45, 7) is 0. The van der Waals surface area contributed by atoms with E-state index < -0.39 is 0 Å². The smallest absolute Gasteiger partial charge is 0.200 e. The van der Waals surface area contributed by atoms with Crippen LogP contribution >= 0.6 is 0 Å². The average molecular weight is 298 g/mol. The fourth-order valence-corrected chi connectivity index (χ4v) is 2.28. The molecule has 3 rings (SSSR count). The maximum absolute atomic E-state index is 12.6. The van der Waals surface area contributed by atoms with Gasteiger partial charge in [-0.2, -0.15) is 0 Å². The second-order valence-corrected chi connectivity index (χ2v) is 4.73. The molecule has 0 spiro atoms. The summed E-state index contributed by atoms with van der Waals surface area (Å²) in [4.78, 5) is 12.6. The van der Waals surface area contributed by atoms with Crippen molar-refractivity contribution < 1.29 is 19.0 Å². The van der Waals surface area contributed by atoms with Crippen LogP contribution in [0, 0.1) is 0 Å². The minimum atomic E-state index is -0.218. The van der Waals surface area contributed by atoms with E-state index in [-0.39, 0.29) is 16.9 Å². The Bertz CT molecular complexity index is 878. The summed E-state index contributed by atoms with van der Waals surface area (Å²) >= 11 is 0. The van der Waals surface area contributed by atoms with E-state index >= 15 is 0 Å². The molecule has 0 aliphatic rings. The summed E-state index contributed by atoms with van der Waals surface area (Å²) in [5.41, 5.74) is 1.27. The fourth-order valence-electron chi connectivity index (χ4n) is 2.28. The van der Waals surface area contributed by atoms with Crippen molar-refractivity contribution in [2.75, 3.05) is 14.2 Å². The van der Waals surface area contributed by atoms with Gasteiger partial charge in [-0.1, -0.05) is 12.1 Å². The van der Waals surface area contributed by atoms with Crippen LogP contribution < -0.4 is 14.9 Å². The third kappa shape index (κ3) is 2.26. The Hall–Kier alpha value is -2.95. The van der Waals surface area contributed by atoms with E-state index in [0.29, 0.717) is 27.8 Å². The molecule has 0 radical (unpaired) electrons. The second-order valence-electron chi connectivity index (χ2n) is 4.73. The number of hydrogen-bond acceptors (Lipinski definition) is 5. The molecule has 1 N–H and O–H groups in total. The zero-order valence-electron chi connectivity index (χ0n) is 12.1. The molecule has 1 heterocycles. The molecule has 0 bridgehead atoms. The number of phenolic OH excluding ortho intramolecular Hbond substituents is 1. The van der Waals surface area contributed by atoms with E-state index in [1.807, 2.05) is 0 Å². The summed E-state index contributed by atoms with van der Waals surface area (Å²) in [5.74, 6) is 0.860. The van der Waals surface area contributed by atoms with Crippen LogP contribution in [0.3, 0.4) is 0 Å². The molecule has 0 aliphatic carbocycles. The zero-order chi connectivity index (χ0) is 15.7. The van der Waals surface area contributed by atoms with Crippen LogP contribution in [0.4, 0.5) is 0 Å². The van der Waals surface area contributed by atoms with Crippen LogP contribution in [0.2, 0.25) is 0 Å². The van der Waals surface area contributed by atoms with Crippen molar-refractivity contribution in [3.8, 4) is 28.4 Å². The molecule has 0 amide bonds. The molecule has 22 heavy (non-hydrogen) atoms. The summed E-state index contributed by atoms with van der Waals surface area (Å²) in [7, 11) is 3.01. The van der Waals surface area contributed by atoms with E-state index in [2.05, 4.69) is 0 Å². The molecule has 2 aromatic carbocycles. The Labute approximate surface area is 126 Å². The summed E-state index contributed by atoms with van der Waals surface area (Å²) in [6.07, 6.45) is 1.41. The lowest BCUT2D eigenvalue weighted by atomic mass is 10.1. The fraction of sp³-hybridized carbons (Fsp3) is 0.118. The number of aromatic hydroxyl groups is 1. The first-order valence-electron chi connectivity index (χ1n) is 6.61. The van der Waals surface area contributed by atoms with Crippen LogP contribution in [0.25, 0.3) is 22.1 Å². The quantitative estimate of drug-likeness (QED) is 0.804. The summed E-state index contributed by atoms with van der Waals surface area (Å²) in [6, 6.07) is 9.94. The van der Waals surface area contributed by atoms with Gasteiger partial charge in [-0.25, -0.2) is 0 Å². The molecule has 1 aromatic heterocycles. The average Bonchev–Trinajstić information content (AvgIpc) is 2.55. The van der Waals surface area contributed by atoms with Crippen molar-refractivity contribution in [2.45, 2.75) is 0 Å². The number of benzene rings is 2. The molecule has 0 fully saturated rings. The number of ether oxygens (including phenoxy) is 2. The van der Waals surface area contributed by atoms with E-state index in [9.17, 15) is 9.90 Å². The van der Waals surface area contributed by atoms with Gasteiger partial charge in [0, 0.05) is 6.07 Å². The van der Waals surface area contributed by atoms with E-state index in [1.54, 1.807) is 31.4 Å². The molecule has 5 nitrogen and oxygen atoms in total. The highest BCUT2D eigenvalue weighted by atomic mass is 16.5. The lowest BCUT2D eigenvalue weighted by molar-refractivity contribution is 0.373. The standard InChI is InChI=1S/C17H14O5/c1-20-11-5-3-10(4-6-11)13-9-22-15-8-16(21-2)14(18)7-12(15)17(13)19/h3-9,18H,1-2H3. The predicted molar refractivity (Wildman–Crippen MR) is 82.7 cm³/mol. The van der Waals surface area contributed by atoms with Gasteiger partial charge in [-0.05, 0) is 23.8 Å². The van der Waals surface area contributed by atoms with Gasteiger partial charge in [0.15, 0.2) is 11.5 Å². The third-order valence-corrected chi connectivity index (χ3v) is 3.48. The topological polar surface area (TPSA) is 68.9 Å². The van der Waals surface area contributed by atoms with Crippen LogP contribution in [-0.2, 0) is 0 Å². The Morgan fingerprint density at radius 3 is 2.41 bits per heavy atom. The second kappa shape index (κ2) is 5.44. The van der Waals surface area contributed by atoms with Crippen molar-refractivity contribution in [3.63, 3.8) is 0 Å². The van der Waals surface area contributed by atoms with Gasteiger partial charge >= 0.3 is 0 Å². The highest BCUT2D eigenvalue weighted by Crippen LogP contribution is 2.31. The Balaban J connectivity index is 2.19. The number of hydrogen-bond donors (Lipinski definition) is 1. The Morgan fingerprint density at radius 2 is 1.77 bits per heavy atom. The number of phenols is 1. The first-order valence-corrected chi connectivity index (χ1v) is 6.61. The van der Waals surface area contributed by atoms with Crippen LogP contribution in [-0.4, -0.2) is 19.3 Å². The molecule has 112 valence electrons. The lowest BCUT2D eigenvalue weighted by Gasteiger charge is -2.07. The normalized spacial score (nSPS) is 10.6.